The van der Waals surface area contributed by atoms with Crippen molar-refractivity contribution in [3.63, 3.8) is 0 Å². The second-order valence-electron chi connectivity index (χ2n) is 6.49. The number of ether oxygens (including phenoxy) is 2. The van der Waals surface area contributed by atoms with Crippen molar-refractivity contribution >= 4 is 17.8 Å². The molecule has 2 aliphatic heterocycles. The topological polar surface area (TPSA) is 50.8 Å². The predicted molar refractivity (Wildman–Crippen MR) is 88.1 cm³/mol. The summed E-state index contributed by atoms with van der Waals surface area (Å²) in [4.78, 5) is 14.4. The Morgan fingerprint density at radius 1 is 1.27 bits per heavy atom. The van der Waals surface area contributed by atoms with Crippen LogP contribution in [0.3, 0.4) is 0 Å². The van der Waals surface area contributed by atoms with Crippen LogP contribution in [0.4, 0.5) is 4.79 Å². The van der Waals surface area contributed by atoms with E-state index < -0.39 is 5.79 Å². The van der Waals surface area contributed by atoms with Crippen molar-refractivity contribution in [1.82, 2.24) is 10.2 Å². The van der Waals surface area contributed by atoms with Crippen LogP contribution in [0.5, 0.6) is 0 Å². The fourth-order valence-corrected chi connectivity index (χ4v) is 4.94. The van der Waals surface area contributed by atoms with Gasteiger partial charge in [0.15, 0.2) is 5.79 Å². The van der Waals surface area contributed by atoms with Crippen LogP contribution in [-0.2, 0) is 9.47 Å². The highest BCUT2D eigenvalue weighted by Gasteiger charge is 2.41. The van der Waals surface area contributed by atoms with Crippen LogP contribution in [0, 0.1) is 0 Å². The lowest BCUT2D eigenvalue weighted by Gasteiger charge is -2.38. The minimum absolute atomic E-state index is 0.0972. The second-order valence-corrected chi connectivity index (χ2v) is 8.06. The quantitative estimate of drug-likeness (QED) is 0.865. The van der Waals surface area contributed by atoms with Crippen LogP contribution >= 0.6 is 11.8 Å². The lowest BCUT2D eigenvalue weighted by Crippen LogP contribution is -2.52. The van der Waals surface area contributed by atoms with Crippen molar-refractivity contribution < 1.29 is 14.3 Å². The van der Waals surface area contributed by atoms with Gasteiger partial charge in [-0.15, -0.1) is 0 Å². The molecule has 0 aromatic carbocycles. The first-order chi connectivity index (χ1) is 10.7. The van der Waals surface area contributed by atoms with E-state index in [2.05, 4.69) is 12.2 Å². The van der Waals surface area contributed by atoms with Crippen molar-refractivity contribution in [3.8, 4) is 0 Å². The average Bonchev–Trinajstić information content (AvgIpc) is 2.97. The number of likely N-dealkylation sites (tertiary alicyclic amines) is 1. The number of piperidine rings is 1. The van der Waals surface area contributed by atoms with Gasteiger partial charge in [0, 0.05) is 37.2 Å². The smallest absolute Gasteiger partial charge is 0.317 e. The summed E-state index contributed by atoms with van der Waals surface area (Å²) in [6.45, 7) is 5.04. The van der Waals surface area contributed by atoms with Gasteiger partial charge in [0.2, 0.25) is 0 Å². The van der Waals surface area contributed by atoms with Crippen molar-refractivity contribution in [2.24, 2.45) is 0 Å². The Kier molecular flexibility index (Phi) is 5.52. The molecule has 5 nitrogen and oxygen atoms in total. The molecule has 1 N–H and O–H groups in total. The summed E-state index contributed by atoms with van der Waals surface area (Å²) in [5, 5.41) is 3.96. The van der Waals surface area contributed by atoms with Crippen LogP contribution in [-0.4, -0.2) is 60.1 Å². The van der Waals surface area contributed by atoms with E-state index in [4.69, 9.17) is 9.47 Å². The average molecular weight is 328 g/mol. The maximum absolute atomic E-state index is 12.5. The van der Waals surface area contributed by atoms with Gasteiger partial charge in [-0.1, -0.05) is 13.3 Å². The Labute approximate surface area is 137 Å². The van der Waals surface area contributed by atoms with Gasteiger partial charge in [0.25, 0.3) is 0 Å². The van der Waals surface area contributed by atoms with Crippen LogP contribution in [0.1, 0.15) is 45.4 Å². The number of nitrogens with one attached hydrogen (secondary N) is 1. The molecule has 1 spiro atoms. The number of thioether (sulfide) groups is 1. The summed E-state index contributed by atoms with van der Waals surface area (Å²) >= 11 is 2.03. The standard InChI is InChI=1S/C16H28N2O3S/c1-2-22-14-5-3-4-13(12-14)17-15(19)18-8-6-16(7-9-18)20-10-11-21-16/h13-14H,2-12H2,1H3,(H,17,19)/t13-,14+/m1/s1. The molecule has 0 unspecified atom stereocenters. The van der Waals surface area contributed by atoms with E-state index in [0.29, 0.717) is 24.5 Å². The molecule has 2 saturated heterocycles. The highest BCUT2D eigenvalue weighted by molar-refractivity contribution is 7.99. The van der Waals surface area contributed by atoms with E-state index in [1.165, 1.54) is 18.6 Å². The molecule has 3 rings (SSSR count). The third-order valence-corrected chi connectivity index (χ3v) is 6.21. The first-order valence-corrected chi connectivity index (χ1v) is 9.70. The highest BCUT2D eigenvalue weighted by Crippen LogP contribution is 2.32. The molecule has 1 saturated carbocycles. The molecule has 6 heteroatoms. The third-order valence-electron chi connectivity index (χ3n) is 4.98. The SMILES string of the molecule is CCS[C@H]1CCC[C@@H](NC(=O)N2CCC3(CC2)OCCO3)C1. The molecule has 2 atom stereocenters. The number of urea groups is 1. The zero-order chi connectivity index (χ0) is 15.4. The molecule has 126 valence electrons. The zero-order valence-electron chi connectivity index (χ0n) is 13.5. The summed E-state index contributed by atoms with van der Waals surface area (Å²) in [6, 6.07) is 0.445. The summed E-state index contributed by atoms with van der Waals surface area (Å²) < 4.78 is 11.4. The number of nitrogens with zero attached hydrogens (tertiary/aromatic N) is 1. The minimum Gasteiger partial charge on any atom is -0.347 e. The number of hydrogen-bond donors (Lipinski definition) is 1. The van der Waals surface area contributed by atoms with Crippen LogP contribution < -0.4 is 5.32 Å². The van der Waals surface area contributed by atoms with Crippen LogP contribution in [0.25, 0.3) is 0 Å². The highest BCUT2D eigenvalue weighted by atomic mass is 32.2. The van der Waals surface area contributed by atoms with Crippen molar-refractivity contribution in [2.75, 3.05) is 32.1 Å². The predicted octanol–water partition coefficient (Wildman–Crippen LogP) is 2.60. The van der Waals surface area contributed by atoms with E-state index in [9.17, 15) is 4.79 Å². The molecule has 0 bridgehead atoms. The number of amides is 2. The van der Waals surface area contributed by atoms with E-state index in [0.717, 1.165) is 38.8 Å². The van der Waals surface area contributed by atoms with E-state index in [1.54, 1.807) is 0 Å². The van der Waals surface area contributed by atoms with Crippen LogP contribution in [0.15, 0.2) is 0 Å². The number of rotatable bonds is 3. The van der Waals surface area contributed by atoms with Crippen molar-refractivity contribution in [3.05, 3.63) is 0 Å². The lowest BCUT2D eigenvalue weighted by atomic mass is 9.95. The Hall–Kier alpha value is -0.460. The normalized spacial score (nSPS) is 31.4. The molecule has 0 aromatic heterocycles. The van der Waals surface area contributed by atoms with E-state index >= 15 is 0 Å². The fourth-order valence-electron chi connectivity index (χ4n) is 3.77. The zero-order valence-corrected chi connectivity index (χ0v) is 14.3. The molecule has 0 aromatic rings. The van der Waals surface area contributed by atoms with Gasteiger partial charge in [-0.25, -0.2) is 4.79 Å². The molecule has 0 radical (unpaired) electrons. The Balaban J connectivity index is 1.44. The fraction of sp³-hybridized carbons (Fsp3) is 0.938. The van der Waals surface area contributed by atoms with Crippen molar-refractivity contribution in [2.45, 2.75) is 62.5 Å². The first-order valence-electron chi connectivity index (χ1n) is 8.66. The molecule has 3 aliphatic rings. The monoisotopic (exact) mass is 328 g/mol. The molecule has 2 amide bonds. The maximum Gasteiger partial charge on any atom is 0.317 e. The Bertz CT molecular complexity index is 376. The number of hydrogen-bond acceptors (Lipinski definition) is 4. The van der Waals surface area contributed by atoms with Gasteiger partial charge >= 0.3 is 6.03 Å². The first kappa shape index (κ1) is 16.4. The molecule has 3 fully saturated rings. The van der Waals surface area contributed by atoms with Gasteiger partial charge in [-0.05, 0) is 25.0 Å². The number of carbonyl (C=O) groups is 1. The van der Waals surface area contributed by atoms with Gasteiger partial charge < -0.3 is 19.7 Å². The van der Waals surface area contributed by atoms with Crippen LogP contribution in [0.2, 0.25) is 0 Å². The second kappa shape index (κ2) is 7.41. The summed E-state index contributed by atoms with van der Waals surface area (Å²) in [5.41, 5.74) is 0. The summed E-state index contributed by atoms with van der Waals surface area (Å²) in [6.07, 6.45) is 6.35. The van der Waals surface area contributed by atoms with Gasteiger partial charge in [-0.3, -0.25) is 0 Å². The largest absolute Gasteiger partial charge is 0.347 e. The molecule has 2 heterocycles. The van der Waals surface area contributed by atoms with Gasteiger partial charge in [-0.2, -0.15) is 11.8 Å². The molecular formula is C16H28N2O3S. The molecule has 1 aliphatic carbocycles. The van der Waals surface area contributed by atoms with Gasteiger partial charge in [0.1, 0.15) is 0 Å². The molecular weight excluding hydrogens is 300 g/mol. The summed E-state index contributed by atoms with van der Waals surface area (Å²) in [5.74, 6) is 0.768. The summed E-state index contributed by atoms with van der Waals surface area (Å²) in [7, 11) is 0. The molecule has 22 heavy (non-hydrogen) atoms. The Morgan fingerprint density at radius 2 is 2.00 bits per heavy atom. The number of carbonyl (C=O) groups excluding carboxylic acids is 1. The third kappa shape index (κ3) is 3.89. The van der Waals surface area contributed by atoms with E-state index in [-0.39, 0.29) is 6.03 Å². The maximum atomic E-state index is 12.5. The minimum atomic E-state index is -0.398. The van der Waals surface area contributed by atoms with Gasteiger partial charge in [0.05, 0.1) is 13.2 Å². The Morgan fingerprint density at radius 3 is 2.68 bits per heavy atom. The lowest BCUT2D eigenvalue weighted by molar-refractivity contribution is -0.181. The van der Waals surface area contributed by atoms with E-state index in [1.807, 2.05) is 16.7 Å². The van der Waals surface area contributed by atoms with Crippen molar-refractivity contribution in [1.29, 1.82) is 0 Å².